The molecule has 0 aromatic rings. The number of allylic oxidation sites excluding steroid dienone is 3. The molecule has 1 amide bonds. The first-order valence-corrected chi connectivity index (χ1v) is 5.75. The number of likely N-dealkylation sites (N-methyl/N-ethyl adjacent to an activating group) is 1. The maximum Gasteiger partial charge on any atom is 0.233 e. The van der Waals surface area contributed by atoms with Gasteiger partial charge in [0.05, 0.1) is 5.92 Å². The summed E-state index contributed by atoms with van der Waals surface area (Å²) in [7, 11) is 1.85. The summed E-state index contributed by atoms with van der Waals surface area (Å²) < 4.78 is 0. The molecule has 86 valence electrons. The molecule has 1 heterocycles. The summed E-state index contributed by atoms with van der Waals surface area (Å²) in [4.78, 5) is 13.7. The largest absolute Gasteiger partial charge is 0.341 e. The number of carbonyl (C=O) groups is 1. The smallest absolute Gasteiger partial charge is 0.233 e. The van der Waals surface area contributed by atoms with E-state index in [0.29, 0.717) is 0 Å². The molecule has 1 aliphatic heterocycles. The minimum Gasteiger partial charge on any atom is -0.341 e. The van der Waals surface area contributed by atoms with Crippen molar-refractivity contribution in [1.29, 1.82) is 0 Å². The molecular formula is C14H19NO. The number of rotatable bonds is 0. The van der Waals surface area contributed by atoms with Crippen LogP contribution in [0.3, 0.4) is 0 Å². The fourth-order valence-electron chi connectivity index (χ4n) is 2.08. The Kier molecular flexibility index (Phi) is 2.53. The lowest BCUT2D eigenvalue weighted by Gasteiger charge is -2.31. The zero-order valence-corrected chi connectivity index (χ0v) is 10.4. The molecule has 0 aromatic heterocycles. The van der Waals surface area contributed by atoms with Gasteiger partial charge >= 0.3 is 0 Å². The van der Waals surface area contributed by atoms with Crippen molar-refractivity contribution >= 4 is 5.91 Å². The van der Waals surface area contributed by atoms with Gasteiger partial charge in [0.15, 0.2) is 0 Å². The molecule has 0 aromatic carbocycles. The Morgan fingerprint density at radius 2 is 2.06 bits per heavy atom. The van der Waals surface area contributed by atoms with Crippen LogP contribution in [0, 0.1) is 11.3 Å². The third kappa shape index (κ3) is 1.84. The first-order chi connectivity index (χ1) is 7.39. The number of nitrogens with zero attached hydrogens (tertiary/aromatic N) is 1. The molecule has 0 bridgehead atoms. The quantitative estimate of drug-likeness (QED) is 0.610. The highest BCUT2D eigenvalue weighted by molar-refractivity contribution is 5.86. The van der Waals surface area contributed by atoms with Crippen LogP contribution in [0.15, 0.2) is 35.5 Å². The maximum atomic E-state index is 11.9. The summed E-state index contributed by atoms with van der Waals surface area (Å²) in [5.41, 5.74) is 2.61. The van der Waals surface area contributed by atoms with E-state index in [0.717, 1.165) is 12.1 Å². The maximum absolute atomic E-state index is 11.9. The van der Waals surface area contributed by atoms with Gasteiger partial charge in [0, 0.05) is 13.6 Å². The zero-order chi connectivity index (χ0) is 11.9. The third-order valence-electron chi connectivity index (χ3n) is 3.26. The molecule has 0 saturated heterocycles. The molecule has 2 nitrogen and oxygen atoms in total. The highest BCUT2D eigenvalue weighted by Gasteiger charge is 2.29. The van der Waals surface area contributed by atoms with E-state index in [1.165, 1.54) is 5.57 Å². The average molecular weight is 217 g/mol. The minimum atomic E-state index is -0.0511. The fraction of sp³-hybridized carbons (Fsp3) is 0.500. The van der Waals surface area contributed by atoms with Gasteiger partial charge in [-0.1, -0.05) is 45.1 Å². The van der Waals surface area contributed by atoms with E-state index in [1.54, 1.807) is 4.90 Å². The van der Waals surface area contributed by atoms with Crippen molar-refractivity contribution < 1.29 is 4.79 Å². The Labute approximate surface area is 97.3 Å². The predicted molar refractivity (Wildman–Crippen MR) is 65.9 cm³/mol. The summed E-state index contributed by atoms with van der Waals surface area (Å²) in [6, 6.07) is 0. The highest BCUT2D eigenvalue weighted by atomic mass is 16.2. The van der Waals surface area contributed by atoms with Crippen molar-refractivity contribution in [3.63, 3.8) is 0 Å². The van der Waals surface area contributed by atoms with Gasteiger partial charge < -0.3 is 4.90 Å². The Balaban J connectivity index is 2.35. The van der Waals surface area contributed by atoms with Crippen molar-refractivity contribution in [1.82, 2.24) is 4.90 Å². The molecule has 1 aliphatic carbocycles. The zero-order valence-electron chi connectivity index (χ0n) is 10.4. The highest BCUT2D eigenvalue weighted by Crippen LogP contribution is 2.34. The first kappa shape index (κ1) is 11.2. The molecule has 1 unspecified atom stereocenters. The van der Waals surface area contributed by atoms with Gasteiger partial charge in [0.2, 0.25) is 5.91 Å². The lowest BCUT2D eigenvalue weighted by atomic mass is 9.78. The molecule has 2 aliphatic rings. The van der Waals surface area contributed by atoms with E-state index >= 15 is 0 Å². The lowest BCUT2D eigenvalue weighted by molar-refractivity contribution is -0.131. The summed E-state index contributed by atoms with van der Waals surface area (Å²) in [6.07, 6.45) is 8.46. The molecule has 0 spiro atoms. The van der Waals surface area contributed by atoms with E-state index in [4.69, 9.17) is 0 Å². The van der Waals surface area contributed by atoms with Crippen LogP contribution in [0.25, 0.3) is 0 Å². The van der Waals surface area contributed by atoms with Crippen LogP contribution in [0.2, 0.25) is 0 Å². The Hall–Kier alpha value is -1.31. The molecule has 2 heteroatoms. The van der Waals surface area contributed by atoms with Gasteiger partial charge in [0.25, 0.3) is 0 Å². The van der Waals surface area contributed by atoms with Crippen LogP contribution < -0.4 is 0 Å². The van der Waals surface area contributed by atoms with Gasteiger partial charge in [-0.15, -0.1) is 0 Å². The minimum absolute atomic E-state index is 0.0511. The normalized spacial score (nSPS) is 25.1. The van der Waals surface area contributed by atoms with Crippen LogP contribution in [-0.4, -0.2) is 24.4 Å². The molecule has 0 N–H and O–H groups in total. The third-order valence-corrected chi connectivity index (χ3v) is 3.26. The number of hydrogen-bond donors (Lipinski definition) is 0. The van der Waals surface area contributed by atoms with Gasteiger partial charge in [-0.05, 0) is 16.6 Å². The van der Waals surface area contributed by atoms with Gasteiger partial charge in [-0.2, -0.15) is 0 Å². The van der Waals surface area contributed by atoms with Crippen LogP contribution >= 0.6 is 0 Å². The van der Waals surface area contributed by atoms with Crippen LogP contribution in [-0.2, 0) is 4.79 Å². The molecule has 0 fully saturated rings. The first-order valence-electron chi connectivity index (χ1n) is 5.75. The van der Waals surface area contributed by atoms with Crippen LogP contribution in [0.5, 0.6) is 0 Å². The van der Waals surface area contributed by atoms with Crippen LogP contribution in [0.1, 0.15) is 20.8 Å². The predicted octanol–water partition coefficient (Wildman–Crippen LogP) is 2.54. The number of carbonyl (C=O) groups excluding carboxylic acids is 1. The molecule has 16 heavy (non-hydrogen) atoms. The summed E-state index contributed by atoms with van der Waals surface area (Å²) >= 11 is 0. The standard InChI is InChI=1S/C14H19NO/c1-14(2,3)11-5-6-12-10(9-11)7-8-15(4)13(12)16/h5-7,9,12H,8H2,1-4H3. The number of fused-ring (bicyclic) bond motifs is 1. The van der Waals surface area contributed by atoms with Crippen molar-refractivity contribution in [2.75, 3.05) is 13.6 Å². The average Bonchev–Trinajstić information content (AvgIpc) is 2.22. The van der Waals surface area contributed by atoms with Crippen molar-refractivity contribution in [2.45, 2.75) is 20.8 Å². The second-order valence-corrected chi connectivity index (χ2v) is 5.61. The van der Waals surface area contributed by atoms with Crippen molar-refractivity contribution in [3.8, 4) is 0 Å². The van der Waals surface area contributed by atoms with E-state index in [1.807, 2.05) is 13.1 Å². The van der Waals surface area contributed by atoms with Crippen molar-refractivity contribution in [3.05, 3.63) is 35.5 Å². The molecule has 2 rings (SSSR count). The molecule has 1 atom stereocenters. The van der Waals surface area contributed by atoms with Crippen LogP contribution in [0.4, 0.5) is 0 Å². The second-order valence-electron chi connectivity index (χ2n) is 5.61. The second kappa shape index (κ2) is 3.62. The monoisotopic (exact) mass is 217 g/mol. The lowest BCUT2D eigenvalue weighted by Crippen LogP contribution is -2.37. The van der Waals surface area contributed by atoms with E-state index in [2.05, 4.69) is 39.0 Å². The SMILES string of the molecule is CN1CC=C2C=C(C(C)(C)C)C=CC2C1=O. The van der Waals surface area contributed by atoms with E-state index in [-0.39, 0.29) is 17.2 Å². The number of amides is 1. The summed E-state index contributed by atoms with van der Waals surface area (Å²) in [5, 5.41) is 0. The molecule has 0 radical (unpaired) electrons. The topological polar surface area (TPSA) is 20.3 Å². The van der Waals surface area contributed by atoms with E-state index in [9.17, 15) is 4.79 Å². The Morgan fingerprint density at radius 1 is 1.38 bits per heavy atom. The molecular weight excluding hydrogens is 198 g/mol. The van der Waals surface area contributed by atoms with Crippen molar-refractivity contribution in [2.24, 2.45) is 11.3 Å². The van der Waals surface area contributed by atoms with Gasteiger partial charge in [0.1, 0.15) is 0 Å². The van der Waals surface area contributed by atoms with Gasteiger partial charge in [-0.25, -0.2) is 0 Å². The summed E-state index contributed by atoms with van der Waals surface area (Å²) in [6.45, 7) is 7.31. The fourth-order valence-corrected chi connectivity index (χ4v) is 2.08. The molecule has 0 saturated carbocycles. The Morgan fingerprint density at radius 3 is 2.69 bits per heavy atom. The Bertz CT molecular complexity index is 407. The summed E-state index contributed by atoms with van der Waals surface area (Å²) in [5.74, 6) is 0.155. The van der Waals surface area contributed by atoms with E-state index < -0.39 is 0 Å². The van der Waals surface area contributed by atoms with Gasteiger partial charge in [-0.3, -0.25) is 4.79 Å². The number of hydrogen-bond acceptors (Lipinski definition) is 1.